The molecule has 2 saturated carbocycles. The van der Waals surface area contributed by atoms with Crippen molar-refractivity contribution in [2.24, 2.45) is 11.3 Å². The van der Waals surface area contributed by atoms with Crippen LogP contribution in [0.2, 0.25) is 0 Å². The van der Waals surface area contributed by atoms with E-state index in [4.69, 9.17) is 0 Å². The molecule has 1 aromatic carbocycles. The lowest BCUT2D eigenvalue weighted by Crippen LogP contribution is -2.58. The Morgan fingerprint density at radius 3 is 2.20 bits per heavy atom. The van der Waals surface area contributed by atoms with Crippen LogP contribution in [0.3, 0.4) is 0 Å². The lowest BCUT2D eigenvalue weighted by molar-refractivity contribution is -0.157. The van der Waals surface area contributed by atoms with Crippen molar-refractivity contribution >= 4 is 15.7 Å². The van der Waals surface area contributed by atoms with E-state index in [1.54, 1.807) is 0 Å². The molecule has 0 aromatic heterocycles. The molecular weight excluding hydrogens is 336 g/mol. The number of benzene rings is 1. The Morgan fingerprint density at radius 2 is 1.68 bits per heavy atom. The highest BCUT2D eigenvalue weighted by Crippen LogP contribution is 2.61. The van der Waals surface area contributed by atoms with E-state index >= 15 is 0 Å². The second kappa shape index (κ2) is 6.40. The number of carbonyl (C=O) groups is 1. The summed E-state index contributed by atoms with van der Waals surface area (Å²) < 4.78 is 23.0. The highest BCUT2D eigenvalue weighted by molar-refractivity contribution is 7.91. The largest absolute Gasteiger partial charge is 0.352 e. The summed E-state index contributed by atoms with van der Waals surface area (Å²) in [4.78, 5) is 14.6. The number of hydrogen-bond acceptors (Lipinski definition) is 4. The summed E-state index contributed by atoms with van der Waals surface area (Å²) in [5.41, 5.74) is 2.28. The fraction of sp³-hybridized carbons (Fsp3) is 0.632. The Bertz CT molecular complexity index is 735. The number of amides is 1. The summed E-state index contributed by atoms with van der Waals surface area (Å²) in [7, 11) is -2.82. The van der Waals surface area contributed by atoms with Gasteiger partial charge in [0.05, 0.1) is 16.9 Å². The topological polar surface area (TPSA) is 66.5 Å². The van der Waals surface area contributed by atoms with Crippen LogP contribution in [0.4, 0.5) is 0 Å². The molecule has 1 amide bonds. The molecule has 5 nitrogen and oxygen atoms in total. The minimum Gasteiger partial charge on any atom is -0.352 e. The van der Waals surface area contributed by atoms with Gasteiger partial charge in [-0.05, 0) is 42.7 Å². The zero-order chi connectivity index (χ0) is 17.5. The van der Waals surface area contributed by atoms with Gasteiger partial charge in [-0.1, -0.05) is 24.3 Å². The van der Waals surface area contributed by atoms with Gasteiger partial charge in [0, 0.05) is 26.2 Å². The Morgan fingerprint density at radius 1 is 1.08 bits per heavy atom. The van der Waals surface area contributed by atoms with Crippen molar-refractivity contribution in [1.29, 1.82) is 0 Å². The molecule has 0 atom stereocenters. The molecule has 4 rings (SSSR count). The molecule has 1 heterocycles. The van der Waals surface area contributed by atoms with Crippen LogP contribution in [0.15, 0.2) is 24.3 Å². The number of nitrogens with zero attached hydrogens (tertiary/aromatic N) is 1. The average Bonchev–Trinajstić information content (AvgIpc) is 2.59. The highest BCUT2D eigenvalue weighted by atomic mass is 32.2. The Kier molecular flexibility index (Phi) is 4.36. The summed E-state index contributed by atoms with van der Waals surface area (Å²) >= 11 is 0. The molecule has 0 unspecified atom stereocenters. The maximum Gasteiger partial charge on any atom is 0.226 e. The quantitative estimate of drug-likeness (QED) is 0.866. The Hall–Kier alpha value is -1.40. The third-order valence-electron chi connectivity index (χ3n) is 6.43. The van der Waals surface area contributed by atoms with Gasteiger partial charge in [0.2, 0.25) is 5.91 Å². The molecule has 1 N–H and O–H groups in total. The molecule has 3 aliphatic rings. The van der Waals surface area contributed by atoms with Crippen molar-refractivity contribution in [3.8, 4) is 0 Å². The van der Waals surface area contributed by atoms with Gasteiger partial charge in [-0.3, -0.25) is 9.69 Å². The molecule has 0 spiro atoms. The zero-order valence-corrected chi connectivity index (χ0v) is 15.4. The molecule has 2 aliphatic carbocycles. The molecule has 136 valence electrons. The van der Waals surface area contributed by atoms with Crippen LogP contribution in [0.25, 0.3) is 0 Å². The molecule has 3 fully saturated rings. The summed E-state index contributed by atoms with van der Waals surface area (Å²) in [6, 6.07) is 8.29. The van der Waals surface area contributed by atoms with Crippen molar-refractivity contribution in [1.82, 2.24) is 10.2 Å². The number of fused-ring (bicyclic) bond motifs is 1. The first-order valence-corrected chi connectivity index (χ1v) is 11.1. The van der Waals surface area contributed by atoms with E-state index in [1.165, 1.54) is 18.4 Å². The maximum atomic E-state index is 12.4. The van der Waals surface area contributed by atoms with Crippen molar-refractivity contribution in [2.45, 2.75) is 38.8 Å². The van der Waals surface area contributed by atoms with Crippen LogP contribution in [0, 0.1) is 11.3 Å². The number of carbonyl (C=O) groups excluding carboxylic acids is 1. The van der Waals surface area contributed by atoms with Gasteiger partial charge in [-0.15, -0.1) is 0 Å². The first kappa shape index (κ1) is 17.0. The molecule has 0 bridgehead atoms. The van der Waals surface area contributed by atoms with Crippen LogP contribution in [0.1, 0.15) is 36.8 Å². The first-order chi connectivity index (χ1) is 12.0. The smallest absolute Gasteiger partial charge is 0.226 e. The van der Waals surface area contributed by atoms with Gasteiger partial charge in [0.25, 0.3) is 0 Å². The van der Waals surface area contributed by atoms with E-state index in [-0.39, 0.29) is 22.8 Å². The standard InChI is InChI=1S/C19H26N2O3S/c22-18(19-7-5-17(19)6-8-19)20-13-15-1-3-16(4-2-15)14-21-9-11-25(23,24)12-10-21/h1-4,17H,5-14H2,(H,20,22). The molecule has 25 heavy (non-hydrogen) atoms. The predicted molar refractivity (Wildman–Crippen MR) is 96.6 cm³/mol. The predicted octanol–water partition coefficient (Wildman–Crippen LogP) is 1.72. The van der Waals surface area contributed by atoms with E-state index < -0.39 is 9.84 Å². The van der Waals surface area contributed by atoms with Gasteiger partial charge in [-0.25, -0.2) is 8.42 Å². The Balaban J connectivity index is 1.27. The van der Waals surface area contributed by atoms with Gasteiger partial charge < -0.3 is 5.32 Å². The molecule has 1 aliphatic heterocycles. The van der Waals surface area contributed by atoms with Crippen molar-refractivity contribution < 1.29 is 13.2 Å². The summed E-state index contributed by atoms with van der Waals surface area (Å²) in [6.07, 6.45) is 4.57. The number of hydrogen-bond donors (Lipinski definition) is 1. The van der Waals surface area contributed by atoms with Gasteiger partial charge in [0.15, 0.2) is 9.84 Å². The van der Waals surface area contributed by atoms with Gasteiger partial charge >= 0.3 is 0 Å². The average molecular weight is 362 g/mol. The monoisotopic (exact) mass is 362 g/mol. The molecule has 6 heteroatoms. The molecular formula is C19H26N2O3S. The van der Waals surface area contributed by atoms with Crippen molar-refractivity contribution in [2.75, 3.05) is 24.6 Å². The lowest BCUT2D eigenvalue weighted by Gasteiger charge is -2.56. The SMILES string of the molecule is O=C(NCc1ccc(CN2CCS(=O)(=O)CC2)cc1)C12CCC1CC2. The van der Waals surface area contributed by atoms with Crippen LogP contribution in [-0.4, -0.2) is 43.8 Å². The highest BCUT2D eigenvalue weighted by Gasteiger charge is 2.58. The van der Waals surface area contributed by atoms with Crippen LogP contribution >= 0.6 is 0 Å². The van der Waals surface area contributed by atoms with Crippen LogP contribution < -0.4 is 5.32 Å². The summed E-state index contributed by atoms with van der Waals surface area (Å²) in [5.74, 6) is 1.41. The molecule has 1 aromatic rings. The second-order valence-corrected chi connectivity index (χ2v) is 10.2. The maximum absolute atomic E-state index is 12.4. The minimum absolute atomic E-state index is 0.0193. The lowest BCUT2D eigenvalue weighted by atomic mass is 9.47. The van der Waals surface area contributed by atoms with Crippen LogP contribution in [0.5, 0.6) is 0 Å². The normalized spacial score (nSPS) is 30.6. The Labute approximate surface area is 149 Å². The van der Waals surface area contributed by atoms with E-state index in [2.05, 4.69) is 34.5 Å². The van der Waals surface area contributed by atoms with Crippen LogP contribution in [-0.2, 0) is 27.7 Å². The van der Waals surface area contributed by atoms with Crippen molar-refractivity contribution in [3.63, 3.8) is 0 Å². The second-order valence-electron chi connectivity index (χ2n) is 7.86. The molecule has 1 saturated heterocycles. The summed E-state index contributed by atoms with van der Waals surface area (Å²) in [6.45, 7) is 2.61. The van der Waals surface area contributed by atoms with Crippen molar-refractivity contribution in [3.05, 3.63) is 35.4 Å². The third-order valence-corrected chi connectivity index (χ3v) is 8.04. The van der Waals surface area contributed by atoms with E-state index in [9.17, 15) is 13.2 Å². The summed E-state index contributed by atoms with van der Waals surface area (Å²) in [5, 5.41) is 3.12. The van der Waals surface area contributed by atoms with E-state index in [0.717, 1.165) is 24.9 Å². The molecule has 0 radical (unpaired) electrons. The third kappa shape index (κ3) is 3.34. The van der Waals surface area contributed by atoms with E-state index in [0.29, 0.717) is 25.6 Å². The van der Waals surface area contributed by atoms with E-state index in [1.807, 2.05) is 0 Å². The minimum atomic E-state index is -2.82. The fourth-order valence-corrected chi connectivity index (χ4v) is 5.64. The number of rotatable bonds is 5. The van der Waals surface area contributed by atoms with Gasteiger partial charge in [-0.2, -0.15) is 0 Å². The number of nitrogens with one attached hydrogen (secondary N) is 1. The zero-order valence-electron chi connectivity index (χ0n) is 14.5. The van der Waals surface area contributed by atoms with Gasteiger partial charge in [0.1, 0.15) is 0 Å². The fourth-order valence-electron chi connectivity index (χ4n) is 4.36. The number of sulfone groups is 1. The first-order valence-electron chi connectivity index (χ1n) is 9.26.